The van der Waals surface area contributed by atoms with Crippen LogP contribution < -0.4 is 4.72 Å². The summed E-state index contributed by atoms with van der Waals surface area (Å²) in [5, 5.41) is 21.9. The van der Waals surface area contributed by atoms with Crippen LogP contribution in [-0.4, -0.2) is 18.4 Å². The van der Waals surface area contributed by atoms with Gasteiger partial charge in [-0.15, -0.1) is 11.3 Å². The lowest BCUT2D eigenvalue weighted by atomic mass is 10.3. The van der Waals surface area contributed by atoms with Gasteiger partial charge < -0.3 is 5.11 Å². The minimum atomic E-state index is -3.92. The zero-order valence-corrected chi connectivity index (χ0v) is 12.5. The van der Waals surface area contributed by atoms with Crippen molar-refractivity contribution in [3.63, 3.8) is 0 Å². The smallest absolute Gasteiger partial charge is 0.312 e. The Bertz CT molecular complexity index is 756. The third kappa shape index (κ3) is 3.38. The quantitative estimate of drug-likeness (QED) is 0.647. The number of sulfonamides is 1. The van der Waals surface area contributed by atoms with E-state index in [2.05, 4.69) is 4.72 Å². The summed E-state index contributed by atoms with van der Waals surface area (Å²) in [7, 11) is -3.92. The normalized spacial score (nSPS) is 13.0. The maximum absolute atomic E-state index is 12.2. The molecule has 1 aromatic heterocycles. The number of phenols is 1. The maximum Gasteiger partial charge on any atom is 0.312 e. The molecule has 0 aliphatic rings. The van der Waals surface area contributed by atoms with Gasteiger partial charge >= 0.3 is 5.69 Å². The van der Waals surface area contributed by atoms with Gasteiger partial charge in [-0.05, 0) is 30.5 Å². The summed E-state index contributed by atoms with van der Waals surface area (Å²) in [6.45, 7) is 1.68. The zero-order valence-electron chi connectivity index (χ0n) is 10.9. The van der Waals surface area contributed by atoms with Gasteiger partial charge in [0.1, 0.15) is 0 Å². The molecule has 0 radical (unpaired) electrons. The number of rotatable bonds is 5. The maximum atomic E-state index is 12.2. The van der Waals surface area contributed by atoms with Gasteiger partial charge in [-0.25, -0.2) is 13.1 Å². The average molecular weight is 328 g/mol. The number of benzene rings is 1. The van der Waals surface area contributed by atoms with Gasteiger partial charge in [0, 0.05) is 10.9 Å². The molecule has 1 aromatic carbocycles. The summed E-state index contributed by atoms with van der Waals surface area (Å²) in [6, 6.07) is 6.07. The highest BCUT2D eigenvalue weighted by molar-refractivity contribution is 7.89. The fraction of sp³-hybridized carbons (Fsp3) is 0.167. The number of hydrogen-bond acceptors (Lipinski definition) is 6. The molecule has 0 saturated heterocycles. The van der Waals surface area contributed by atoms with Crippen LogP contribution in [0.4, 0.5) is 5.69 Å². The lowest BCUT2D eigenvalue weighted by Gasteiger charge is -2.12. The molecule has 0 aliphatic heterocycles. The Balaban J connectivity index is 2.32. The van der Waals surface area contributed by atoms with E-state index in [1.165, 1.54) is 11.3 Å². The summed E-state index contributed by atoms with van der Waals surface area (Å²) in [5.74, 6) is -0.578. The van der Waals surface area contributed by atoms with Crippen LogP contribution >= 0.6 is 11.3 Å². The number of nitrogens with zero attached hydrogens (tertiary/aromatic N) is 1. The van der Waals surface area contributed by atoms with Crippen LogP contribution in [0.1, 0.15) is 17.8 Å². The first kappa shape index (κ1) is 15.4. The van der Waals surface area contributed by atoms with Crippen molar-refractivity contribution in [1.29, 1.82) is 0 Å². The van der Waals surface area contributed by atoms with E-state index < -0.39 is 32.4 Å². The molecule has 1 heterocycles. The number of hydrogen-bond donors (Lipinski definition) is 2. The van der Waals surface area contributed by atoms with E-state index in [0.29, 0.717) is 0 Å². The second kappa shape index (κ2) is 5.80. The third-order valence-corrected chi connectivity index (χ3v) is 5.35. The van der Waals surface area contributed by atoms with Crippen LogP contribution in [0.3, 0.4) is 0 Å². The molecule has 0 aliphatic carbocycles. The number of phenolic OH excluding ortho intramolecular Hbond substituents is 1. The number of nitro groups is 1. The molecular weight excluding hydrogens is 316 g/mol. The fourth-order valence-electron chi connectivity index (χ4n) is 1.71. The van der Waals surface area contributed by atoms with E-state index >= 15 is 0 Å². The van der Waals surface area contributed by atoms with Crippen LogP contribution in [0.5, 0.6) is 5.75 Å². The third-order valence-electron chi connectivity index (χ3n) is 2.76. The van der Waals surface area contributed by atoms with Crippen LogP contribution in [0.15, 0.2) is 40.6 Å². The molecule has 0 fully saturated rings. The Labute approximate surface area is 125 Å². The number of nitrogens with one attached hydrogen (secondary N) is 1. The topological polar surface area (TPSA) is 110 Å². The predicted molar refractivity (Wildman–Crippen MR) is 77.8 cm³/mol. The van der Waals surface area contributed by atoms with Gasteiger partial charge in [0.2, 0.25) is 10.0 Å². The lowest BCUT2D eigenvalue weighted by Crippen LogP contribution is -2.26. The highest BCUT2D eigenvalue weighted by Crippen LogP contribution is 2.29. The second-order valence-electron chi connectivity index (χ2n) is 4.27. The molecule has 7 nitrogen and oxygen atoms in total. The van der Waals surface area contributed by atoms with Crippen molar-refractivity contribution in [3.05, 3.63) is 50.7 Å². The molecule has 0 spiro atoms. The van der Waals surface area contributed by atoms with E-state index in [0.717, 1.165) is 23.1 Å². The molecule has 1 unspecified atom stereocenters. The van der Waals surface area contributed by atoms with Crippen molar-refractivity contribution in [3.8, 4) is 5.75 Å². The van der Waals surface area contributed by atoms with E-state index in [4.69, 9.17) is 0 Å². The summed E-state index contributed by atoms with van der Waals surface area (Å²) >= 11 is 1.40. The minimum Gasteiger partial charge on any atom is -0.502 e. The monoisotopic (exact) mass is 328 g/mol. The molecule has 0 amide bonds. The second-order valence-corrected chi connectivity index (χ2v) is 6.96. The summed E-state index contributed by atoms with van der Waals surface area (Å²) < 4.78 is 26.9. The minimum absolute atomic E-state index is 0.268. The van der Waals surface area contributed by atoms with E-state index in [1.807, 2.05) is 5.38 Å². The van der Waals surface area contributed by atoms with Crippen LogP contribution in [0.25, 0.3) is 0 Å². The Morgan fingerprint density at radius 2 is 2.10 bits per heavy atom. The van der Waals surface area contributed by atoms with Gasteiger partial charge in [-0.3, -0.25) is 10.1 Å². The Morgan fingerprint density at radius 1 is 1.38 bits per heavy atom. The van der Waals surface area contributed by atoms with Gasteiger partial charge in [-0.2, -0.15) is 0 Å². The summed E-state index contributed by atoms with van der Waals surface area (Å²) in [5.41, 5.74) is -0.651. The molecule has 2 aromatic rings. The average Bonchev–Trinajstić information content (AvgIpc) is 2.92. The van der Waals surface area contributed by atoms with Crippen molar-refractivity contribution >= 4 is 27.0 Å². The van der Waals surface area contributed by atoms with Crippen LogP contribution in [0, 0.1) is 10.1 Å². The molecule has 2 N–H and O–H groups in total. The molecule has 1 atom stereocenters. The molecule has 0 saturated carbocycles. The SMILES string of the molecule is CC(NS(=O)(=O)c1ccc(O)c([N+](=O)[O-])c1)c1cccs1. The molecule has 0 bridgehead atoms. The summed E-state index contributed by atoms with van der Waals surface area (Å²) in [6.07, 6.45) is 0. The van der Waals surface area contributed by atoms with Crippen molar-refractivity contribution < 1.29 is 18.4 Å². The van der Waals surface area contributed by atoms with Crippen molar-refractivity contribution in [2.45, 2.75) is 17.9 Å². The van der Waals surface area contributed by atoms with Gasteiger partial charge in [-0.1, -0.05) is 6.07 Å². The van der Waals surface area contributed by atoms with E-state index in [1.54, 1.807) is 19.1 Å². The van der Waals surface area contributed by atoms with Crippen molar-refractivity contribution in [2.75, 3.05) is 0 Å². The number of aromatic hydroxyl groups is 1. The van der Waals surface area contributed by atoms with Gasteiger partial charge in [0.05, 0.1) is 15.9 Å². The van der Waals surface area contributed by atoms with Gasteiger partial charge in [0.15, 0.2) is 5.75 Å². The van der Waals surface area contributed by atoms with Crippen molar-refractivity contribution in [1.82, 2.24) is 4.72 Å². The lowest BCUT2D eigenvalue weighted by molar-refractivity contribution is -0.386. The van der Waals surface area contributed by atoms with Crippen LogP contribution in [-0.2, 0) is 10.0 Å². The molecule has 112 valence electrons. The predicted octanol–water partition coefficient (Wildman–Crippen LogP) is 2.40. The fourth-order valence-corrected chi connectivity index (χ4v) is 3.76. The van der Waals surface area contributed by atoms with Crippen molar-refractivity contribution in [2.24, 2.45) is 0 Å². The molecule has 9 heteroatoms. The van der Waals surface area contributed by atoms with Crippen LogP contribution in [0.2, 0.25) is 0 Å². The zero-order chi connectivity index (χ0) is 15.6. The van der Waals surface area contributed by atoms with Gasteiger partial charge in [0.25, 0.3) is 0 Å². The first-order valence-electron chi connectivity index (χ1n) is 5.84. The van der Waals surface area contributed by atoms with E-state index in [-0.39, 0.29) is 4.90 Å². The molecule has 21 heavy (non-hydrogen) atoms. The highest BCUT2D eigenvalue weighted by atomic mass is 32.2. The number of thiophene rings is 1. The first-order chi connectivity index (χ1) is 9.81. The Hall–Kier alpha value is -1.97. The molecule has 2 rings (SSSR count). The Kier molecular flexibility index (Phi) is 4.26. The Morgan fingerprint density at radius 3 is 2.67 bits per heavy atom. The largest absolute Gasteiger partial charge is 0.502 e. The van der Waals surface area contributed by atoms with E-state index in [9.17, 15) is 23.6 Å². The number of nitro benzene ring substituents is 1. The highest BCUT2D eigenvalue weighted by Gasteiger charge is 2.23. The standard InChI is InChI=1S/C12H12N2O5S2/c1-8(12-3-2-6-20-12)13-21(18,19)9-4-5-11(15)10(7-9)14(16)17/h2-8,13,15H,1H3. The molecular formula is C12H12N2O5S2. The summed E-state index contributed by atoms with van der Waals surface area (Å²) in [4.78, 5) is 10.5. The first-order valence-corrected chi connectivity index (χ1v) is 8.20.